The van der Waals surface area contributed by atoms with Crippen molar-refractivity contribution in [1.82, 2.24) is 10.6 Å². The molecule has 0 aliphatic carbocycles. The zero-order valence-corrected chi connectivity index (χ0v) is 21.7. The Morgan fingerprint density at radius 2 is 1.10 bits per heavy atom. The fraction of sp³-hybridized carbons (Fsp3) is 0.909. The van der Waals surface area contributed by atoms with Gasteiger partial charge in [0.1, 0.15) is 73.1 Å². The zero-order valence-electron chi connectivity index (χ0n) is 21.7. The lowest BCUT2D eigenvalue weighted by Crippen LogP contribution is -2.67. The first-order chi connectivity index (χ1) is 18.8. The highest BCUT2D eigenvalue weighted by Crippen LogP contribution is 2.30. The molecule has 3 aliphatic rings. The van der Waals surface area contributed by atoms with Crippen LogP contribution in [0, 0.1) is 0 Å². The predicted molar refractivity (Wildman–Crippen MR) is 124 cm³/mol. The highest BCUT2D eigenvalue weighted by Gasteiger charge is 2.52. The highest BCUT2D eigenvalue weighted by atomic mass is 16.7. The summed E-state index contributed by atoms with van der Waals surface area (Å²) >= 11 is 0. The van der Waals surface area contributed by atoms with Crippen LogP contribution in [-0.2, 0) is 33.3 Å². The average molecular weight is 587 g/mol. The summed E-state index contributed by atoms with van der Waals surface area (Å²) in [6.45, 7) is 0.227. The van der Waals surface area contributed by atoms with Crippen molar-refractivity contribution in [1.29, 1.82) is 0 Å². The van der Waals surface area contributed by atoms with E-state index in [1.807, 2.05) is 0 Å². The van der Waals surface area contributed by atoms with Crippen molar-refractivity contribution in [2.24, 2.45) is 0 Å². The molecule has 0 bridgehead atoms. The van der Waals surface area contributed by atoms with Gasteiger partial charge in [-0.1, -0.05) is 0 Å². The molecular weight excluding hydrogens is 548 g/mol. The van der Waals surface area contributed by atoms with Crippen LogP contribution in [0.4, 0.5) is 0 Å². The Balaban J connectivity index is 1.68. The number of hydrogen-bond acceptors (Lipinski definition) is 16. The average Bonchev–Trinajstić information content (AvgIpc) is 2.90. The maximum absolute atomic E-state index is 11.6. The van der Waals surface area contributed by atoms with Crippen LogP contribution >= 0.6 is 0 Å². The van der Waals surface area contributed by atoms with Crippen molar-refractivity contribution in [3.05, 3.63) is 0 Å². The van der Waals surface area contributed by atoms with Crippen LogP contribution in [0.3, 0.4) is 0 Å². The summed E-state index contributed by atoms with van der Waals surface area (Å²) < 4.78 is 27.2. The third kappa shape index (κ3) is 7.23. The Labute approximate surface area is 228 Å². The highest BCUT2D eigenvalue weighted by molar-refractivity contribution is 5.73. The van der Waals surface area contributed by atoms with E-state index in [0.717, 1.165) is 13.8 Å². The fourth-order valence-electron chi connectivity index (χ4n) is 4.75. The standard InChI is InChI=1S/C22H38N2O16/c1-6(27)23-11-16(32)13(29)8(3-25)38-21(11)36-5-10-15(31)18(34)19(20(35)37-10)40-22-12(24-7(2)28)17(33)14(30)9(4-26)39-22/h8-22,25-26,29-35H,3-5H2,1-2H3,(H,23,27)(H,24,28)/t8?,9?,10?,11?,12?,13-,14-,15-,16-,17-,18+,19?,20+,21-,22+/m1/s1. The van der Waals surface area contributed by atoms with Gasteiger partial charge in [-0.3, -0.25) is 9.59 Å². The van der Waals surface area contributed by atoms with Gasteiger partial charge < -0.3 is 80.3 Å². The number of aliphatic hydroxyl groups is 9. The minimum absolute atomic E-state index is 0.588. The molecule has 18 heteroatoms. The first-order valence-electron chi connectivity index (χ1n) is 12.6. The molecule has 3 fully saturated rings. The van der Waals surface area contributed by atoms with Gasteiger partial charge in [0.05, 0.1) is 19.8 Å². The maximum Gasteiger partial charge on any atom is 0.217 e. The largest absolute Gasteiger partial charge is 0.394 e. The van der Waals surface area contributed by atoms with E-state index in [1.54, 1.807) is 0 Å². The van der Waals surface area contributed by atoms with Gasteiger partial charge >= 0.3 is 0 Å². The zero-order chi connectivity index (χ0) is 29.9. The molecule has 0 saturated carbocycles. The van der Waals surface area contributed by atoms with Crippen LogP contribution in [0.15, 0.2) is 0 Å². The first kappa shape index (κ1) is 32.9. The van der Waals surface area contributed by atoms with Gasteiger partial charge in [0, 0.05) is 13.8 Å². The number of aliphatic hydroxyl groups excluding tert-OH is 9. The summed E-state index contributed by atoms with van der Waals surface area (Å²) in [5.74, 6) is -1.24. The molecule has 0 radical (unpaired) electrons. The van der Waals surface area contributed by atoms with Crippen LogP contribution in [0.5, 0.6) is 0 Å². The van der Waals surface area contributed by atoms with E-state index < -0.39 is 124 Å². The summed E-state index contributed by atoms with van der Waals surface area (Å²) in [7, 11) is 0. The third-order valence-electron chi connectivity index (χ3n) is 6.88. The summed E-state index contributed by atoms with van der Waals surface area (Å²) in [5.41, 5.74) is 0. The first-order valence-corrected chi connectivity index (χ1v) is 12.6. The van der Waals surface area contributed by atoms with E-state index in [9.17, 15) is 55.5 Å². The van der Waals surface area contributed by atoms with Gasteiger partial charge in [0.25, 0.3) is 0 Å². The number of carbonyl (C=O) groups excluding carboxylic acids is 2. The monoisotopic (exact) mass is 586 g/mol. The molecule has 11 N–H and O–H groups in total. The quantitative estimate of drug-likeness (QED) is 0.120. The maximum atomic E-state index is 11.6. The summed E-state index contributed by atoms with van der Waals surface area (Å²) in [5, 5.41) is 96.5. The van der Waals surface area contributed by atoms with Gasteiger partial charge in [0.15, 0.2) is 18.9 Å². The lowest BCUT2D eigenvalue weighted by atomic mass is 9.95. The number of ether oxygens (including phenoxy) is 5. The van der Waals surface area contributed by atoms with E-state index in [2.05, 4.69) is 10.6 Å². The van der Waals surface area contributed by atoms with Gasteiger partial charge in [0.2, 0.25) is 11.8 Å². The normalized spacial score (nSPS) is 46.0. The Morgan fingerprint density at radius 3 is 1.57 bits per heavy atom. The minimum atomic E-state index is -1.94. The fourth-order valence-corrected chi connectivity index (χ4v) is 4.75. The Kier molecular flexibility index (Phi) is 11.5. The SMILES string of the molecule is CC(=O)NC1[C@H](OCC2O[C@H](O)C(O[C@@H]3OC(CO)[C@@H](O)[C@H](O)C3NC(C)=O)[C@@H](O)[C@@H]2O)OC(CO)[C@@H](O)[C@@H]1O. The number of rotatable bonds is 9. The van der Waals surface area contributed by atoms with Gasteiger partial charge in [-0.2, -0.15) is 0 Å². The smallest absolute Gasteiger partial charge is 0.217 e. The molecule has 0 aromatic heterocycles. The third-order valence-corrected chi connectivity index (χ3v) is 6.88. The van der Waals surface area contributed by atoms with Gasteiger partial charge in [-0.05, 0) is 0 Å². The second kappa shape index (κ2) is 14.0. The lowest BCUT2D eigenvalue weighted by Gasteiger charge is -2.46. The summed E-state index contributed by atoms with van der Waals surface area (Å²) in [6.07, 6.45) is -20.9. The van der Waals surface area contributed by atoms with Crippen molar-refractivity contribution >= 4 is 11.8 Å². The van der Waals surface area contributed by atoms with Crippen molar-refractivity contribution in [2.45, 2.75) is 106 Å². The van der Waals surface area contributed by atoms with Crippen LogP contribution in [-0.4, -0.2) is 170 Å². The van der Waals surface area contributed by atoms with E-state index in [1.165, 1.54) is 0 Å². The number of nitrogens with one attached hydrogen (secondary N) is 2. The predicted octanol–water partition coefficient (Wildman–Crippen LogP) is -7.29. The molecule has 3 heterocycles. The molecule has 2 amide bonds. The molecule has 40 heavy (non-hydrogen) atoms. The molecule has 3 aliphatic heterocycles. The second-order valence-corrected chi connectivity index (χ2v) is 9.85. The molecule has 15 atom stereocenters. The van der Waals surface area contributed by atoms with Gasteiger partial charge in [-0.15, -0.1) is 0 Å². The Morgan fingerprint density at radius 1 is 0.650 bits per heavy atom. The molecule has 18 nitrogen and oxygen atoms in total. The molecule has 0 aromatic rings. The van der Waals surface area contributed by atoms with Crippen LogP contribution in [0.2, 0.25) is 0 Å². The van der Waals surface area contributed by atoms with Crippen molar-refractivity contribution in [3.63, 3.8) is 0 Å². The number of amides is 2. The molecule has 0 aromatic carbocycles. The lowest BCUT2D eigenvalue weighted by molar-refractivity contribution is -0.353. The van der Waals surface area contributed by atoms with Gasteiger partial charge in [-0.25, -0.2) is 0 Å². The van der Waals surface area contributed by atoms with E-state index in [0.29, 0.717) is 0 Å². The number of carbonyl (C=O) groups is 2. The molecular formula is C22H38N2O16. The van der Waals surface area contributed by atoms with Crippen LogP contribution in [0.1, 0.15) is 13.8 Å². The molecule has 3 rings (SSSR count). The molecule has 6 unspecified atom stereocenters. The van der Waals surface area contributed by atoms with E-state index in [-0.39, 0.29) is 0 Å². The van der Waals surface area contributed by atoms with Crippen LogP contribution < -0.4 is 10.6 Å². The van der Waals surface area contributed by atoms with Crippen molar-refractivity contribution in [2.75, 3.05) is 19.8 Å². The van der Waals surface area contributed by atoms with Crippen LogP contribution in [0.25, 0.3) is 0 Å². The minimum Gasteiger partial charge on any atom is -0.394 e. The summed E-state index contributed by atoms with van der Waals surface area (Å²) in [4.78, 5) is 23.2. The van der Waals surface area contributed by atoms with E-state index in [4.69, 9.17) is 23.7 Å². The topological polar surface area (TPSA) is 286 Å². The number of hydrogen-bond donors (Lipinski definition) is 11. The summed E-state index contributed by atoms with van der Waals surface area (Å²) in [6, 6.07) is -2.69. The Bertz CT molecular complexity index is 852. The van der Waals surface area contributed by atoms with Crippen molar-refractivity contribution < 1.29 is 79.2 Å². The second-order valence-electron chi connectivity index (χ2n) is 9.85. The molecule has 0 spiro atoms. The van der Waals surface area contributed by atoms with Crippen molar-refractivity contribution in [3.8, 4) is 0 Å². The Hall–Kier alpha value is -1.62. The molecule has 232 valence electrons. The molecule has 3 saturated heterocycles. The van der Waals surface area contributed by atoms with E-state index >= 15 is 0 Å².